The summed E-state index contributed by atoms with van der Waals surface area (Å²) in [6.07, 6.45) is 0. The lowest BCUT2D eigenvalue weighted by Crippen LogP contribution is -2.34. The topological polar surface area (TPSA) is 0 Å². The fraction of sp³-hybridized carbons (Fsp3) is 0.0455. The van der Waals surface area contributed by atoms with Crippen LogP contribution in [-0.2, 0) is 10.8 Å². The minimum atomic E-state index is -0.571. The molecular formula is C44H33Br. The summed E-state index contributed by atoms with van der Waals surface area (Å²) in [4.78, 5) is 0. The Labute approximate surface area is 274 Å². The van der Waals surface area contributed by atoms with Crippen LogP contribution in [0.4, 0.5) is 0 Å². The van der Waals surface area contributed by atoms with E-state index in [0.29, 0.717) is 0 Å². The van der Waals surface area contributed by atoms with Gasteiger partial charge in [0.15, 0.2) is 0 Å². The molecule has 216 valence electrons. The van der Waals surface area contributed by atoms with Gasteiger partial charge in [0.25, 0.3) is 0 Å². The Kier molecular flexibility index (Phi) is 8.03. The summed E-state index contributed by atoms with van der Waals surface area (Å²) in [5, 5.41) is 0. The second-order valence-corrected chi connectivity index (χ2v) is 12.3. The van der Waals surface area contributed by atoms with E-state index in [0.717, 1.165) is 4.47 Å². The Morgan fingerprint density at radius 3 is 0.644 bits per heavy atom. The first-order valence-electron chi connectivity index (χ1n) is 15.4. The zero-order chi connectivity index (χ0) is 30.5. The number of rotatable bonds is 8. The van der Waals surface area contributed by atoms with Gasteiger partial charge in [0.05, 0.1) is 10.8 Å². The molecule has 7 rings (SSSR count). The van der Waals surface area contributed by atoms with Gasteiger partial charge in [0.1, 0.15) is 0 Å². The lowest BCUT2D eigenvalue weighted by molar-refractivity contribution is 0.717. The van der Waals surface area contributed by atoms with Crippen molar-refractivity contribution in [2.75, 3.05) is 0 Å². The average Bonchev–Trinajstić information content (AvgIpc) is 3.12. The van der Waals surface area contributed by atoms with Crippen LogP contribution in [0.3, 0.4) is 0 Å². The highest BCUT2D eigenvalue weighted by atomic mass is 79.9. The fourth-order valence-electron chi connectivity index (χ4n) is 7.15. The summed E-state index contributed by atoms with van der Waals surface area (Å²) >= 11 is 4.03. The van der Waals surface area contributed by atoms with E-state index in [1.54, 1.807) is 0 Å². The molecule has 0 aliphatic carbocycles. The SMILES string of the molecule is Brc1cc(C(c2ccccc2)(c2ccccc2)c2ccccc2)cc(C(c2ccccc2)(c2ccccc2)c2ccccc2)c1. The molecule has 45 heavy (non-hydrogen) atoms. The summed E-state index contributed by atoms with van der Waals surface area (Å²) < 4.78 is 1.04. The quantitative estimate of drug-likeness (QED) is 0.145. The van der Waals surface area contributed by atoms with Gasteiger partial charge in [-0.2, -0.15) is 0 Å². The van der Waals surface area contributed by atoms with Gasteiger partial charge in [0.2, 0.25) is 0 Å². The minimum Gasteiger partial charge on any atom is -0.0622 e. The molecule has 0 saturated heterocycles. The van der Waals surface area contributed by atoms with E-state index in [1.165, 1.54) is 44.5 Å². The van der Waals surface area contributed by atoms with Crippen molar-refractivity contribution in [3.05, 3.63) is 249 Å². The van der Waals surface area contributed by atoms with Crippen molar-refractivity contribution in [1.29, 1.82) is 0 Å². The molecule has 7 aromatic rings. The summed E-state index contributed by atoms with van der Waals surface area (Å²) in [6.45, 7) is 0. The first kappa shape index (κ1) is 28.8. The molecule has 0 bridgehead atoms. The van der Waals surface area contributed by atoms with Gasteiger partial charge < -0.3 is 0 Å². The van der Waals surface area contributed by atoms with E-state index in [-0.39, 0.29) is 0 Å². The summed E-state index contributed by atoms with van der Waals surface area (Å²) in [5.74, 6) is 0. The predicted octanol–water partition coefficient (Wildman–Crippen LogP) is 11.2. The molecule has 0 saturated carbocycles. The van der Waals surface area contributed by atoms with Crippen LogP contribution < -0.4 is 0 Å². The van der Waals surface area contributed by atoms with Gasteiger partial charge in [-0.25, -0.2) is 0 Å². The van der Waals surface area contributed by atoms with Crippen LogP contribution in [0.25, 0.3) is 0 Å². The second kappa shape index (κ2) is 12.6. The summed E-state index contributed by atoms with van der Waals surface area (Å²) in [7, 11) is 0. The van der Waals surface area contributed by atoms with Crippen molar-refractivity contribution in [1.82, 2.24) is 0 Å². The molecule has 0 unspecified atom stereocenters. The van der Waals surface area contributed by atoms with Crippen molar-refractivity contribution in [3.8, 4) is 0 Å². The second-order valence-electron chi connectivity index (χ2n) is 11.4. The van der Waals surface area contributed by atoms with E-state index < -0.39 is 10.8 Å². The molecule has 0 amide bonds. The van der Waals surface area contributed by atoms with Gasteiger partial charge in [-0.15, -0.1) is 0 Å². The maximum atomic E-state index is 4.03. The highest BCUT2D eigenvalue weighted by molar-refractivity contribution is 9.10. The molecule has 0 heterocycles. The molecule has 0 N–H and O–H groups in total. The van der Waals surface area contributed by atoms with Crippen LogP contribution in [0.1, 0.15) is 44.5 Å². The first-order chi connectivity index (χ1) is 22.2. The number of halogens is 1. The highest BCUT2D eigenvalue weighted by Gasteiger charge is 2.42. The maximum Gasteiger partial charge on any atom is 0.0702 e. The van der Waals surface area contributed by atoms with Gasteiger partial charge in [-0.1, -0.05) is 204 Å². The minimum absolute atomic E-state index is 0.571. The molecule has 0 aliphatic heterocycles. The molecule has 1 heteroatoms. The van der Waals surface area contributed by atoms with Gasteiger partial charge in [0, 0.05) is 4.47 Å². The van der Waals surface area contributed by atoms with Crippen LogP contribution >= 0.6 is 15.9 Å². The van der Waals surface area contributed by atoms with E-state index in [2.05, 4.69) is 216 Å². The van der Waals surface area contributed by atoms with Crippen molar-refractivity contribution in [3.63, 3.8) is 0 Å². The smallest absolute Gasteiger partial charge is 0.0622 e. The highest BCUT2D eigenvalue weighted by Crippen LogP contribution is 2.50. The molecular weight excluding hydrogens is 608 g/mol. The largest absolute Gasteiger partial charge is 0.0702 e. The predicted molar refractivity (Wildman–Crippen MR) is 191 cm³/mol. The van der Waals surface area contributed by atoms with E-state index >= 15 is 0 Å². The molecule has 0 nitrogen and oxygen atoms in total. The van der Waals surface area contributed by atoms with Crippen LogP contribution in [0.2, 0.25) is 0 Å². The average molecular weight is 642 g/mol. The van der Waals surface area contributed by atoms with Gasteiger partial charge >= 0.3 is 0 Å². The van der Waals surface area contributed by atoms with Crippen LogP contribution in [-0.4, -0.2) is 0 Å². The lowest BCUT2D eigenvalue weighted by atomic mass is 9.61. The summed E-state index contributed by atoms with van der Waals surface area (Å²) in [6, 6.07) is 72.6. The summed E-state index contributed by atoms with van der Waals surface area (Å²) in [5.41, 5.74) is 8.56. The van der Waals surface area contributed by atoms with Crippen LogP contribution in [0.15, 0.2) is 205 Å². The molecule has 7 aromatic carbocycles. The standard InChI is InChI=1S/C44H33Br/c45-42-32-40(43(34-19-7-1-8-20-34,35-21-9-2-10-22-35)36-23-11-3-12-24-36)31-41(33-42)44(37-25-13-4-14-26-37,38-27-15-5-16-28-38)39-29-17-6-18-30-39/h1-33H. The van der Waals surface area contributed by atoms with Crippen molar-refractivity contribution >= 4 is 15.9 Å². The molecule has 0 aliphatic rings. The fourth-order valence-corrected chi connectivity index (χ4v) is 7.64. The Bertz CT molecular complexity index is 1630. The van der Waals surface area contributed by atoms with Crippen molar-refractivity contribution < 1.29 is 0 Å². The number of benzene rings is 7. The third-order valence-corrected chi connectivity index (χ3v) is 9.46. The normalized spacial score (nSPS) is 11.7. The van der Waals surface area contributed by atoms with Crippen LogP contribution in [0, 0.1) is 0 Å². The monoisotopic (exact) mass is 640 g/mol. The molecule has 0 radical (unpaired) electrons. The van der Waals surface area contributed by atoms with E-state index in [4.69, 9.17) is 0 Å². The molecule has 0 aromatic heterocycles. The van der Waals surface area contributed by atoms with E-state index in [1.807, 2.05) is 0 Å². The van der Waals surface area contributed by atoms with E-state index in [9.17, 15) is 0 Å². The maximum absolute atomic E-state index is 4.03. The van der Waals surface area contributed by atoms with Gasteiger partial charge in [-0.05, 0) is 56.6 Å². The number of hydrogen-bond acceptors (Lipinski definition) is 0. The lowest BCUT2D eigenvalue weighted by Gasteiger charge is -2.40. The first-order valence-corrected chi connectivity index (χ1v) is 16.2. The third kappa shape index (κ3) is 5.04. The molecule has 0 atom stereocenters. The van der Waals surface area contributed by atoms with Gasteiger partial charge in [-0.3, -0.25) is 0 Å². The molecule has 0 fully saturated rings. The van der Waals surface area contributed by atoms with Crippen molar-refractivity contribution in [2.45, 2.75) is 10.8 Å². The zero-order valence-electron chi connectivity index (χ0n) is 24.9. The Morgan fingerprint density at radius 1 is 0.244 bits per heavy atom. The van der Waals surface area contributed by atoms with Crippen LogP contribution in [0.5, 0.6) is 0 Å². The third-order valence-electron chi connectivity index (χ3n) is 9.00. The Hall–Kier alpha value is -4.98. The number of hydrogen-bond donors (Lipinski definition) is 0. The Balaban J connectivity index is 1.64. The Morgan fingerprint density at radius 2 is 0.444 bits per heavy atom. The molecule has 0 spiro atoms. The van der Waals surface area contributed by atoms with Crippen molar-refractivity contribution in [2.24, 2.45) is 0 Å². The zero-order valence-corrected chi connectivity index (χ0v) is 26.5.